The van der Waals surface area contributed by atoms with Crippen LogP contribution in [0.25, 0.3) is 0 Å². The molecule has 3 nitrogen and oxygen atoms in total. The molecular formula is C28H25F3N2O. The van der Waals surface area contributed by atoms with Crippen LogP contribution in [-0.2, 0) is 25.8 Å². The zero-order valence-corrected chi connectivity index (χ0v) is 18.8. The Balaban J connectivity index is 1.61. The highest BCUT2D eigenvalue weighted by Crippen LogP contribution is 2.30. The summed E-state index contributed by atoms with van der Waals surface area (Å²) >= 11 is 0. The standard InChI is InChI=1S/C28H25F3N2O/c1-21-9-5-6-15-26(21)27(34)33(18-22-10-3-2-4-11-22)20-25-14-8-16-32(25)19-23-12-7-13-24(17-23)28(29,30)31/h2-17H,18-20H2,1H3. The van der Waals surface area contributed by atoms with E-state index in [9.17, 15) is 18.0 Å². The van der Waals surface area contributed by atoms with E-state index in [-0.39, 0.29) is 12.5 Å². The number of carbonyl (C=O) groups is 1. The minimum Gasteiger partial charge on any atom is -0.345 e. The SMILES string of the molecule is Cc1ccccc1C(=O)N(Cc1ccccc1)Cc1cccn1Cc1cccc(C(F)(F)F)c1. The first-order valence-electron chi connectivity index (χ1n) is 11.0. The molecule has 3 aromatic carbocycles. The lowest BCUT2D eigenvalue weighted by Gasteiger charge is -2.25. The van der Waals surface area contributed by atoms with Crippen molar-refractivity contribution in [3.05, 3.63) is 131 Å². The molecule has 4 rings (SSSR count). The van der Waals surface area contributed by atoms with E-state index in [4.69, 9.17) is 0 Å². The van der Waals surface area contributed by atoms with Gasteiger partial charge in [0.15, 0.2) is 0 Å². The molecule has 0 unspecified atom stereocenters. The number of halogens is 3. The smallest absolute Gasteiger partial charge is 0.345 e. The van der Waals surface area contributed by atoms with Gasteiger partial charge in [0.25, 0.3) is 5.91 Å². The second-order valence-corrected chi connectivity index (χ2v) is 8.29. The summed E-state index contributed by atoms with van der Waals surface area (Å²) in [6.45, 7) is 2.94. The van der Waals surface area contributed by atoms with Crippen molar-refractivity contribution < 1.29 is 18.0 Å². The topological polar surface area (TPSA) is 25.2 Å². The Hall–Kier alpha value is -3.80. The maximum atomic E-state index is 13.5. The van der Waals surface area contributed by atoms with Crippen LogP contribution in [-0.4, -0.2) is 15.4 Å². The highest BCUT2D eigenvalue weighted by molar-refractivity contribution is 5.95. The predicted molar refractivity (Wildman–Crippen MR) is 126 cm³/mol. The van der Waals surface area contributed by atoms with E-state index in [1.807, 2.05) is 84.4 Å². The van der Waals surface area contributed by atoms with E-state index >= 15 is 0 Å². The number of rotatable bonds is 7. The zero-order valence-electron chi connectivity index (χ0n) is 18.8. The van der Waals surface area contributed by atoms with Crippen molar-refractivity contribution in [2.75, 3.05) is 0 Å². The van der Waals surface area contributed by atoms with Gasteiger partial charge in [0.1, 0.15) is 0 Å². The Bertz CT molecular complexity index is 1260. The van der Waals surface area contributed by atoms with E-state index in [1.54, 1.807) is 11.0 Å². The van der Waals surface area contributed by atoms with Crippen LogP contribution in [0, 0.1) is 6.92 Å². The van der Waals surface area contributed by atoms with E-state index in [1.165, 1.54) is 12.1 Å². The molecule has 0 spiro atoms. The molecule has 0 aliphatic carbocycles. The second-order valence-electron chi connectivity index (χ2n) is 8.29. The maximum absolute atomic E-state index is 13.5. The van der Waals surface area contributed by atoms with Crippen molar-refractivity contribution in [2.45, 2.75) is 32.7 Å². The third-order valence-electron chi connectivity index (χ3n) is 5.76. The summed E-state index contributed by atoms with van der Waals surface area (Å²) in [6.07, 6.45) is -2.56. The summed E-state index contributed by atoms with van der Waals surface area (Å²) < 4.78 is 41.3. The number of aryl methyl sites for hydroxylation is 1. The van der Waals surface area contributed by atoms with Crippen molar-refractivity contribution in [1.82, 2.24) is 9.47 Å². The fourth-order valence-corrected chi connectivity index (χ4v) is 3.97. The first kappa shape index (κ1) is 23.4. The van der Waals surface area contributed by atoms with Crippen molar-refractivity contribution >= 4 is 5.91 Å². The van der Waals surface area contributed by atoms with Crippen LogP contribution in [0.3, 0.4) is 0 Å². The van der Waals surface area contributed by atoms with Gasteiger partial charge in [-0.3, -0.25) is 4.79 Å². The average molecular weight is 463 g/mol. The molecular weight excluding hydrogens is 437 g/mol. The van der Waals surface area contributed by atoms with Gasteiger partial charge in [-0.25, -0.2) is 0 Å². The minimum absolute atomic E-state index is 0.0891. The molecule has 0 bridgehead atoms. The van der Waals surface area contributed by atoms with Crippen LogP contribution in [0.15, 0.2) is 97.2 Å². The largest absolute Gasteiger partial charge is 0.416 e. The fraction of sp³-hybridized carbons (Fsp3) is 0.179. The number of hydrogen-bond acceptors (Lipinski definition) is 1. The Morgan fingerprint density at radius 1 is 0.824 bits per heavy atom. The highest BCUT2D eigenvalue weighted by atomic mass is 19.4. The third-order valence-corrected chi connectivity index (χ3v) is 5.76. The molecule has 0 saturated heterocycles. The van der Waals surface area contributed by atoms with Crippen LogP contribution in [0.4, 0.5) is 13.2 Å². The number of aromatic nitrogens is 1. The molecule has 0 radical (unpaired) electrons. The molecule has 1 amide bonds. The quantitative estimate of drug-likeness (QED) is 0.300. The molecule has 0 saturated carbocycles. The van der Waals surface area contributed by atoms with Gasteiger partial charge in [-0.15, -0.1) is 0 Å². The van der Waals surface area contributed by atoms with Gasteiger partial charge in [-0.1, -0.05) is 60.7 Å². The van der Waals surface area contributed by atoms with Crippen LogP contribution in [0.5, 0.6) is 0 Å². The highest BCUT2D eigenvalue weighted by Gasteiger charge is 2.30. The Morgan fingerprint density at radius 2 is 1.53 bits per heavy atom. The fourth-order valence-electron chi connectivity index (χ4n) is 3.97. The lowest BCUT2D eigenvalue weighted by Crippen LogP contribution is -2.31. The molecule has 1 aromatic heterocycles. The molecule has 0 atom stereocenters. The minimum atomic E-state index is -4.39. The average Bonchev–Trinajstić information content (AvgIpc) is 3.25. The summed E-state index contributed by atoms with van der Waals surface area (Å²) in [5, 5.41) is 0. The van der Waals surface area contributed by atoms with E-state index in [2.05, 4.69) is 0 Å². The molecule has 174 valence electrons. The zero-order chi connectivity index (χ0) is 24.1. The summed E-state index contributed by atoms with van der Waals surface area (Å²) in [6, 6.07) is 26.3. The number of amides is 1. The van der Waals surface area contributed by atoms with E-state index < -0.39 is 11.7 Å². The molecule has 0 fully saturated rings. The Labute approximate surface area is 197 Å². The molecule has 0 N–H and O–H groups in total. The lowest BCUT2D eigenvalue weighted by molar-refractivity contribution is -0.137. The number of alkyl halides is 3. The van der Waals surface area contributed by atoms with Crippen LogP contribution in [0.1, 0.15) is 38.3 Å². The van der Waals surface area contributed by atoms with Crippen molar-refractivity contribution in [1.29, 1.82) is 0 Å². The van der Waals surface area contributed by atoms with Crippen LogP contribution in [0.2, 0.25) is 0 Å². The van der Waals surface area contributed by atoms with Gasteiger partial charge in [0, 0.05) is 30.5 Å². The number of hydrogen-bond donors (Lipinski definition) is 0. The summed E-state index contributed by atoms with van der Waals surface area (Å²) in [4.78, 5) is 15.3. The van der Waals surface area contributed by atoms with Gasteiger partial charge in [0.05, 0.1) is 12.1 Å². The monoisotopic (exact) mass is 462 g/mol. The summed E-state index contributed by atoms with van der Waals surface area (Å²) in [5.41, 5.74) is 3.25. The molecule has 1 heterocycles. The first-order chi connectivity index (χ1) is 16.3. The predicted octanol–water partition coefficient (Wildman–Crippen LogP) is 6.71. The Morgan fingerprint density at radius 3 is 2.26 bits per heavy atom. The van der Waals surface area contributed by atoms with Gasteiger partial charge < -0.3 is 9.47 Å². The van der Waals surface area contributed by atoms with Gasteiger partial charge >= 0.3 is 6.18 Å². The van der Waals surface area contributed by atoms with Gasteiger partial charge in [0.2, 0.25) is 0 Å². The number of carbonyl (C=O) groups excluding carboxylic acids is 1. The molecule has 4 aromatic rings. The number of nitrogens with zero attached hydrogens (tertiary/aromatic N) is 2. The van der Waals surface area contributed by atoms with Gasteiger partial charge in [-0.05, 0) is 53.9 Å². The van der Waals surface area contributed by atoms with Crippen molar-refractivity contribution in [3.8, 4) is 0 Å². The lowest BCUT2D eigenvalue weighted by atomic mass is 10.1. The van der Waals surface area contributed by atoms with Gasteiger partial charge in [-0.2, -0.15) is 13.2 Å². The number of benzene rings is 3. The summed E-state index contributed by atoms with van der Waals surface area (Å²) in [7, 11) is 0. The van der Waals surface area contributed by atoms with Crippen molar-refractivity contribution in [3.63, 3.8) is 0 Å². The Kier molecular flexibility index (Phi) is 6.87. The molecule has 0 aliphatic heterocycles. The van der Waals surface area contributed by atoms with E-state index in [0.29, 0.717) is 24.2 Å². The van der Waals surface area contributed by atoms with Crippen molar-refractivity contribution in [2.24, 2.45) is 0 Å². The second kappa shape index (κ2) is 10.00. The van der Waals surface area contributed by atoms with Crippen LogP contribution >= 0.6 is 0 Å². The molecule has 34 heavy (non-hydrogen) atoms. The third kappa shape index (κ3) is 5.57. The van der Waals surface area contributed by atoms with Crippen LogP contribution < -0.4 is 0 Å². The molecule has 6 heteroatoms. The maximum Gasteiger partial charge on any atom is 0.416 e. The summed E-state index contributed by atoms with van der Waals surface area (Å²) in [5.74, 6) is -0.0891. The van der Waals surface area contributed by atoms with E-state index in [0.717, 1.165) is 22.9 Å². The first-order valence-corrected chi connectivity index (χ1v) is 11.0. The molecule has 0 aliphatic rings. The normalized spacial score (nSPS) is 11.4.